The zero-order valence-corrected chi connectivity index (χ0v) is 10.8. The van der Waals surface area contributed by atoms with Crippen molar-refractivity contribution >= 4 is 28.0 Å². The average Bonchev–Trinajstić information content (AvgIpc) is 2.39. The summed E-state index contributed by atoms with van der Waals surface area (Å²) in [4.78, 5) is 10.9. The fourth-order valence-electron chi connectivity index (χ4n) is 1.59. The lowest BCUT2D eigenvalue weighted by atomic mass is 10.0. The highest BCUT2D eigenvalue weighted by molar-refractivity contribution is 9.10. The zero-order chi connectivity index (χ0) is 14.6. The number of alkyl halides is 1. The lowest BCUT2D eigenvalue weighted by Crippen LogP contribution is -2.29. The van der Waals surface area contributed by atoms with E-state index in [9.17, 15) is 13.6 Å². The number of carboxylic acid groups (broad SMARTS) is 1. The Kier molecular flexibility index (Phi) is 5.34. The van der Waals surface area contributed by atoms with Gasteiger partial charge in [0, 0.05) is 14.7 Å². The monoisotopic (exact) mass is 342 g/mol. The minimum absolute atomic E-state index is 0.225. The second kappa shape index (κ2) is 6.55. The molecule has 0 fully saturated rings. The number of halogens is 5. The summed E-state index contributed by atoms with van der Waals surface area (Å²) in [5.74, 6) is -1.56. The van der Waals surface area contributed by atoms with E-state index in [1.54, 1.807) is 0 Å². The molecule has 1 aliphatic rings. The Balaban J connectivity index is 0.000000861. The molecule has 1 aliphatic heterocycles. The van der Waals surface area contributed by atoms with E-state index in [1.807, 2.05) is 0 Å². The molecule has 1 aromatic rings. The largest absolute Gasteiger partial charge is 0.481 e. The maximum atomic E-state index is 13.1. The molecule has 2 rings (SSSR count). The van der Waals surface area contributed by atoms with Crippen molar-refractivity contribution in [1.82, 2.24) is 0 Å². The third kappa shape index (κ3) is 3.25. The molecule has 1 N–H and O–H groups in total. The SMILES string of the molecule is FF.O=C(O)C1=Cc2cc(F)cc(Br)c2OC1CF. The zero-order valence-electron chi connectivity index (χ0n) is 9.17. The standard InChI is InChI=1S/C11H7BrF2O3.F2/c12-8-3-6(14)1-5-2-7(11(15)16)9(4-13)17-10(5)8;1-2/h1-3,9H,4H2,(H,15,16);. The van der Waals surface area contributed by atoms with Gasteiger partial charge in [-0.15, -0.1) is 0 Å². The lowest BCUT2D eigenvalue weighted by molar-refractivity contribution is -0.133. The van der Waals surface area contributed by atoms with Gasteiger partial charge < -0.3 is 9.84 Å². The summed E-state index contributed by atoms with van der Waals surface area (Å²) in [5.41, 5.74) is 0.0523. The van der Waals surface area contributed by atoms with Crippen LogP contribution in [0.15, 0.2) is 22.2 Å². The molecule has 0 bridgehead atoms. The number of rotatable bonds is 2. The van der Waals surface area contributed by atoms with Crippen LogP contribution in [0.3, 0.4) is 0 Å². The third-order valence-electron chi connectivity index (χ3n) is 2.34. The van der Waals surface area contributed by atoms with E-state index in [-0.39, 0.29) is 16.9 Å². The molecule has 0 saturated carbocycles. The van der Waals surface area contributed by atoms with Crippen molar-refractivity contribution in [1.29, 1.82) is 0 Å². The van der Waals surface area contributed by atoms with E-state index in [0.717, 1.165) is 6.07 Å². The van der Waals surface area contributed by atoms with Gasteiger partial charge in [-0.25, -0.2) is 13.6 Å². The topological polar surface area (TPSA) is 46.5 Å². The second-order valence-corrected chi connectivity index (χ2v) is 4.33. The van der Waals surface area contributed by atoms with Crippen LogP contribution >= 0.6 is 15.9 Å². The van der Waals surface area contributed by atoms with Gasteiger partial charge in [0.2, 0.25) is 0 Å². The molecule has 1 unspecified atom stereocenters. The summed E-state index contributed by atoms with van der Waals surface area (Å²) in [6.45, 7) is -0.957. The van der Waals surface area contributed by atoms with Crippen molar-refractivity contribution in [2.45, 2.75) is 6.10 Å². The minimum atomic E-state index is -1.28. The van der Waals surface area contributed by atoms with Crippen LogP contribution in [-0.2, 0) is 4.79 Å². The maximum Gasteiger partial charge on any atom is 0.335 e. The number of benzene rings is 1. The minimum Gasteiger partial charge on any atom is -0.481 e. The van der Waals surface area contributed by atoms with Crippen LogP contribution in [0.25, 0.3) is 6.08 Å². The first-order valence-corrected chi connectivity index (χ1v) is 5.63. The highest BCUT2D eigenvalue weighted by atomic mass is 79.9. The second-order valence-electron chi connectivity index (χ2n) is 3.47. The number of hydrogen-bond donors (Lipinski definition) is 1. The molecular formula is C11H7BrF4O3. The summed E-state index contributed by atoms with van der Waals surface area (Å²) in [5, 5.41) is 8.88. The number of fused-ring (bicyclic) bond motifs is 1. The molecule has 1 aromatic carbocycles. The Morgan fingerprint density at radius 2 is 2.05 bits per heavy atom. The molecule has 19 heavy (non-hydrogen) atoms. The van der Waals surface area contributed by atoms with E-state index in [2.05, 4.69) is 15.9 Å². The Morgan fingerprint density at radius 3 is 2.58 bits per heavy atom. The quantitative estimate of drug-likeness (QED) is 0.835. The Bertz CT molecular complexity index is 519. The molecule has 0 aliphatic carbocycles. The van der Waals surface area contributed by atoms with Gasteiger partial charge in [0.1, 0.15) is 18.2 Å². The van der Waals surface area contributed by atoms with E-state index >= 15 is 0 Å². The van der Waals surface area contributed by atoms with Crippen molar-refractivity contribution < 1.29 is 32.6 Å². The highest BCUT2D eigenvalue weighted by Gasteiger charge is 2.29. The van der Waals surface area contributed by atoms with Crippen molar-refractivity contribution in [3.05, 3.63) is 33.6 Å². The first-order valence-electron chi connectivity index (χ1n) is 4.83. The Hall–Kier alpha value is -1.57. The Morgan fingerprint density at radius 1 is 1.42 bits per heavy atom. The predicted octanol–water partition coefficient (Wildman–Crippen LogP) is 3.63. The van der Waals surface area contributed by atoms with Gasteiger partial charge in [-0.1, -0.05) is 0 Å². The normalized spacial score (nSPS) is 16.5. The molecular weight excluding hydrogens is 336 g/mol. The summed E-state index contributed by atoms with van der Waals surface area (Å²) in [6.07, 6.45) is 0.0564. The summed E-state index contributed by atoms with van der Waals surface area (Å²) in [7, 11) is 0. The van der Waals surface area contributed by atoms with Crippen LogP contribution in [0.1, 0.15) is 5.56 Å². The van der Waals surface area contributed by atoms with E-state index in [0.29, 0.717) is 4.47 Å². The number of carbonyl (C=O) groups is 1. The molecule has 3 nitrogen and oxygen atoms in total. The van der Waals surface area contributed by atoms with Gasteiger partial charge in [-0.2, -0.15) is 0 Å². The molecule has 104 valence electrons. The first-order chi connectivity index (χ1) is 9.02. The van der Waals surface area contributed by atoms with Gasteiger partial charge in [-0.3, -0.25) is 0 Å². The van der Waals surface area contributed by atoms with E-state index in [1.165, 1.54) is 12.1 Å². The molecule has 8 heteroatoms. The number of carboxylic acids is 1. The summed E-state index contributed by atoms with van der Waals surface area (Å²) in [6, 6.07) is 2.31. The van der Waals surface area contributed by atoms with Crippen molar-refractivity contribution in [2.24, 2.45) is 0 Å². The fraction of sp³-hybridized carbons (Fsp3) is 0.182. The maximum absolute atomic E-state index is 13.1. The van der Waals surface area contributed by atoms with Gasteiger partial charge >= 0.3 is 5.97 Å². The first kappa shape index (κ1) is 15.5. The third-order valence-corrected chi connectivity index (χ3v) is 2.93. The van der Waals surface area contributed by atoms with Crippen LogP contribution in [0.4, 0.5) is 17.9 Å². The van der Waals surface area contributed by atoms with Crippen LogP contribution in [0.2, 0.25) is 0 Å². The van der Waals surface area contributed by atoms with Gasteiger partial charge in [0.15, 0.2) is 6.10 Å². The van der Waals surface area contributed by atoms with Gasteiger partial charge in [-0.05, 0) is 34.1 Å². The smallest absolute Gasteiger partial charge is 0.335 e. The number of hydrogen-bond acceptors (Lipinski definition) is 2. The van der Waals surface area contributed by atoms with Crippen molar-refractivity contribution in [2.75, 3.05) is 6.67 Å². The average molecular weight is 343 g/mol. The van der Waals surface area contributed by atoms with Crippen molar-refractivity contribution in [3.63, 3.8) is 0 Å². The van der Waals surface area contributed by atoms with Gasteiger partial charge in [0.05, 0.1) is 10.0 Å². The van der Waals surface area contributed by atoms with Crippen LogP contribution in [-0.4, -0.2) is 23.9 Å². The van der Waals surface area contributed by atoms with E-state index in [4.69, 9.17) is 19.0 Å². The van der Waals surface area contributed by atoms with E-state index < -0.39 is 24.6 Å². The molecule has 0 spiro atoms. The predicted molar refractivity (Wildman–Crippen MR) is 62.3 cm³/mol. The van der Waals surface area contributed by atoms with Crippen LogP contribution in [0, 0.1) is 5.82 Å². The molecule has 0 saturated heterocycles. The summed E-state index contributed by atoms with van der Waals surface area (Å²) < 4.78 is 47.3. The van der Waals surface area contributed by atoms with Gasteiger partial charge in [0.25, 0.3) is 0 Å². The van der Waals surface area contributed by atoms with Crippen LogP contribution < -0.4 is 4.74 Å². The lowest BCUT2D eigenvalue weighted by Gasteiger charge is -2.24. The number of aliphatic carboxylic acids is 1. The Labute approximate surface area is 113 Å². The fourth-order valence-corrected chi connectivity index (χ4v) is 2.13. The molecule has 0 aromatic heterocycles. The molecule has 0 radical (unpaired) electrons. The number of ether oxygens (including phenoxy) is 1. The molecule has 1 atom stereocenters. The summed E-state index contributed by atoms with van der Waals surface area (Å²) >= 11 is 3.08. The molecule has 0 amide bonds. The van der Waals surface area contributed by atoms with Crippen LogP contribution in [0.5, 0.6) is 5.75 Å². The van der Waals surface area contributed by atoms with Crippen molar-refractivity contribution in [3.8, 4) is 5.75 Å². The molecule has 1 heterocycles. The highest BCUT2D eigenvalue weighted by Crippen LogP contribution is 2.37.